The fraction of sp³-hybridized carbons (Fsp3) is 0.538. The van der Waals surface area contributed by atoms with Crippen LogP contribution in [0.2, 0.25) is 10.0 Å². The summed E-state index contributed by atoms with van der Waals surface area (Å²) < 4.78 is 32.0. The van der Waals surface area contributed by atoms with Gasteiger partial charge in [-0.1, -0.05) is 29.3 Å². The summed E-state index contributed by atoms with van der Waals surface area (Å²) in [5, 5.41) is 0.541. The molecule has 0 radical (unpaired) electrons. The highest BCUT2D eigenvalue weighted by atomic mass is 35.5. The molecule has 4 nitrogen and oxygen atoms in total. The van der Waals surface area contributed by atoms with Crippen molar-refractivity contribution in [2.75, 3.05) is 20.3 Å². The fourth-order valence-electron chi connectivity index (χ4n) is 2.50. The SMILES string of the molecule is CNS(=O)(=O)[C@@H]1CCOC[C@H]1Cc1ccc(Cl)c(Cl)c1. The first-order chi connectivity index (χ1) is 9.44. The highest BCUT2D eigenvalue weighted by Gasteiger charge is 2.35. The quantitative estimate of drug-likeness (QED) is 0.918. The van der Waals surface area contributed by atoms with E-state index >= 15 is 0 Å². The Morgan fingerprint density at radius 2 is 2.10 bits per heavy atom. The van der Waals surface area contributed by atoms with Crippen LogP contribution in [0.1, 0.15) is 12.0 Å². The minimum atomic E-state index is -3.30. The van der Waals surface area contributed by atoms with Gasteiger partial charge in [0, 0.05) is 12.5 Å². The second kappa shape index (κ2) is 6.62. The van der Waals surface area contributed by atoms with Crippen LogP contribution in [0.15, 0.2) is 18.2 Å². The van der Waals surface area contributed by atoms with Gasteiger partial charge in [-0.3, -0.25) is 0 Å². The number of hydrogen-bond acceptors (Lipinski definition) is 3. The Hall–Kier alpha value is -0.330. The van der Waals surface area contributed by atoms with Crippen molar-refractivity contribution in [1.82, 2.24) is 4.72 Å². The summed E-state index contributed by atoms with van der Waals surface area (Å²) in [5.41, 5.74) is 0.964. The summed E-state index contributed by atoms with van der Waals surface area (Å²) in [4.78, 5) is 0. The molecule has 20 heavy (non-hydrogen) atoms. The molecule has 0 saturated carbocycles. The average molecular weight is 338 g/mol. The van der Waals surface area contributed by atoms with E-state index in [9.17, 15) is 8.42 Å². The molecule has 1 aliphatic rings. The summed E-state index contributed by atoms with van der Waals surface area (Å²) in [6.07, 6.45) is 1.11. The first-order valence-corrected chi connectivity index (χ1v) is 8.68. The molecular formula is C13H17Cl2NO3S. The summed E-state index contributed by atoms with van der Waals surface area (Å²) in [6, 6.07) is 5.37. The Morgan fingerprint density at radius 1 is 1.35 bits per heavy atom. The molecule has 1 heterocycles. The second-order valence-electron chi connectivity index (χ2n) is 4.86. The predicted molar refractivity (Wildman–Crippen MR) is 80.9 cm³/mol. The molecule has 1 fully saturated rings. The van der Waals surface area contributed by atoms with Crippen molar-refractivity contribution in [3.05, 3.63) is 33.8 Å². The summed E-state index contributed by atoms with van der Waals surface area (Å²) in [6.45, 7) is 0.912. The van der Waals surface area contributed by atoms with Gasteiger partial charge in [-0.15, -0.1) is 0 Å². The van der Waals surface area contributed by atoms with Crippen LogP contribution in [0.4, 0.5) is 0 Å². The standard InChI is InChI=1S/C13H17Cl2NO3S/c1-16-20(17,18)13-4-5-19-8-10(13)6-9-2-3-11(14)12(15)7-9/h2-3,7,10,13,16H,4-6,8H2,1H3/t10-,13-/m1/s1. The number of halogens is 2. The zero-order valence-corrected chi connectivity index (χ0v) is 13.4. The molecule has 1 aromatic carbocycles. The molecule has 0 amide bonds. The number of rotatable bonds is 4. The van der Waals surface area contributed by atoms with Gasteiger partial charge in [-0.25, -0.2) is 13.1 Å². The Labute approximate surface area is 129 Å². The molecule has 0 spiro atoms. The summed E-state index contributed by atoms with van der Waals surface area (Å²) >= 11 is 11.9. The minimum absolute atomic E-state index is 0.0848. The lowest BCUT2D eigenvalue weighted by molar-refractivity contribution is 0.0570. The van der Waals surface area contributed by atoms with E-state index in [0.717, 1.165) is 5.56 Å². The van der Waals surface area contributed by atoms with Gasteiger partial charge in [0.1, 0.15) is 0 Å². The molecule has 0 aliphatic carbocycles. The van der Waals surface area contributed by atoms with Gasteiger partial charge in [-0.2, -0.15) is 0 Å². The molecule has 1 aliphatic heterocycles. The van der Waals surface area contributed by atoms with Crippen molar-refractivity contribution in [3.8, 4) is 0 Å². The van der Waals surface area contributed by atoms with Crippen molar-refractivity contribution >= 4 is 33.2 Å². The lowest BCUT2D eigenvalue weighted by Crippen LogP contribution is -2.43. The Balaban J connectivity index is 2.18. The van der Waals surface area contributed by atoms with E-state index in [4.69, 9.17) is 27.9 Å². The number of hydrogen-bond donors (Lipinski definition) is 1. The molecule has 2 rings (SSSR count). The maximum Gasteiger partial charge on any atom is 0.214 e. The highest BCUT2D eigenvalue weighted by Crippen LogP contribution is 2.28. The van der Waals surface area contributed by atoms with Crippen LogP contribution in [0, 0.1) is 5.92 Å². The largest absolute Gasteiger partial charge is 0.381 e. The molecular weight excluding hydrogens is 321 g/mol. The maximum atomic E-state index is 12.1. The van der Waals surface area contributed by atoms with Gasteiger partial charge in [0.25, 0.3) is 0 Å². The van der Waals surface area contributed by atoms with E-state index in [0.29, 0.717) is 36.1 Å². The Morgan fingerprint density at radius 3 is 2.75 bits per heavy atom. The lowest BCUT2D eigenvalue weighted by Gasteiger charge is -2.31. The van der Waals surface area contributed by atoms with E-state index < -0.39 is 15.3 Å². The molecule has 2 atom stereocenters. The van der Waals surface area contributed by atoms with Crippen molar-refractivity contribution < 1.29 is 13.2 Å². The first kappa shape index (κ1) is 16.0. The van der Waals surface area contributed by atoms with Gasteiger partial charge in [0.05, 0.1) is 21.9 Å². The van der Waals surface area contributed by atoms with E-state index in [1.54, 1.807) is 12.1 Å². The third-order valence-electron chi connectivity index (χ3n) is 3.57. The van der Waals surface area contributed by atoms with Crippen LogP contribution in [0.3, 0.4) is 0 Å². The maximum absolute atomic E-state index is 12.1. The molecule has 7 heteroatoms. The van der Waals surface area contributed by atoms with Crippen molar-refractivity contribution in [2.24, 2.45) is 5.92 Å². The van der Waals surface area contributed by atoms with E-state index in [-0.39, 0.29) is 5.92 Å². The Kier molecular flexibility index (Phi) is 5.31. The topological polar surface area (TPSA) is 55.4 Å². The molecule has 0 unspecified atom stereocenters. The van der Waals surface area contributed by atoms with Gasteiger partial charge < -0.3 is 4.74 Å². The Bertz CT molecular complexity index is 577. The van der Waals surface area contributed by atoms with Crippen molar-refractivity contribution in [2.45, 2.75) is 18.1 Å². The van der Waals surface area contributed by atoms with Gasteiger partial charge in [0.2, 0.25) is 10.0 Å². The lowest BCUT2D eigenvalue weighted by atomic mass is 9.93. The number of nitrogens with one attached hydrogen (secondary N) is 1. The minimum Gasteiger partial charge on any atom is -0.381 e. The summed E-state index contributed by atoms with van der Waals surface area (Å²) in [7, 11) is -1.85. The van der Waals surface area contributed by atoms with E-state index in [1.807, 2.05) is 6.07 Å². The molecule has 112 valence electrons. The molecule has 1 aromatic rings. The number of ether oxygens (including phenoxy) is 1. The fourth-order valence-corrected chi connectivity index (χ4v) is 4.21. The molecule has 1 N–H and O–H groups in total. The molecule has 1 saturated heterocycles. The smallest absolute Gasteiger partial charge is 0.214 e. The van der Waals surface area contributed by atoms with Gasteiger partial charge in [0.15, 0.2) is 0 Å². The van der Waals surface area contributed by atoms with Crippen LogP contribution in [-0.2, 0) is 21.2 Å². The zero-order chi connectivity index (χ0) is 14.8. The average Bonchev–Trinajstić information content (AvgIpc) is 2.43. The van der Waals surface area contributed by atoms with Crippen molar-refractivity contribution in [3.63, 3.8) is 0 Å². The van der Waals surface area contributed by atoms with Gasteiger partial charge in [-0.05, 0) is 37.6 Å². The van der Waals surface area contributed by atoms with E-state index in [2.05, 4.69) is 4.72 Å². The van der Waals surface area contributed by atoms with Crippen molar-refractivity contribution in [1.29, 1.82) is 0 Å². The van der Waals surface area contributed by atoms with Crippen LogP contribution >= 0.6 is 23.2 Å². The third kappa shape index (κ3) is 3.65. The predicted octanol–water partition coefficient (Wildman–Crippen LogP) is 2.49. The van der Waals surface area contributed by atoms with E-state index in [1.165, 1.54) is 7.05 Å². The number of benzene rings is 1. The number of sulfonamides is 1. The van der Waals surface area contributed by atoms with Gasteiger partial charge >= 0.3 is 0 Å². The zero-order valence-electron chi connectivity index (χ0n) is 11.1. The van der Waals surface area contributed by atoms with Crippen LogP contribution in [-0.4, -0.2) is 33.9 Å². The van der Waals surface area contributed by atoms with Crippen LogP contribution in [0.25, 0.3) is 0 Å². The summed E-state index contributed by atoms with van der Waals surface area (Å²) in [5.74, 6) is -0.0848. The third-order valence-corrected chi connectivity index (χ3v) is 6.30. The van der Waals surface area contributed by atoms with Crippen LogP contribution < -0.4 is 4.72 Å². The second-order valence-corrected chi connectivity index (χ2v) is 7.78. The molecule has 0 aromatic heterocycles. The first-order valence-electron chi connectivity index (χ1n) is 6.38. The normalized spacial score (nSPS) is 23.8. The van der Waals surface area contributed by atoms with Crippen LogP contribution in [0.5, 0.6) is 0 Å². The molecule has 0 bridgehead atoms. The highest BCUT2D eigenvalue weighted by molar-refractivity contribution is 7.90. The monoisotopic (exact) mass is 337 g/mol.